The number of rotatable bonds is 4. The molecule has 0 unspecified atom stereocenters. The predicted octanol–water partition coefficient (Wildman–Crippen LogP) is 3.53. The highest BCUT2D eigenvalue weighted by Crippen LogP contribution is 2.31. The highest BCUT2D eigenvalue weighted by atomic mass is 32.2. The van der Waals surface area contributed by atoms with E-state index in [2.05, 4.69) is 57.5 Å². The van der Waals surface area contributed by atoms with E-state index in [0.717, 1.165) is 27.4 Å². The van der Waals surface area contributed by atoms with Gasteiger partial charge in [0.25, 0.3) is 0 Å². The SMILES string of the molecule is CSc1ccc(-c2c(C)cc(Nc3n[nH]c(N)n3)cc2C)cn1. The van der Waals surface area contributed by atoms with Crippen LogP contribution < -0.4 is 11.1 Å². The summed E-state index contributed by atoms with van der Waals surface area (Å²) < 4.78 is 0. The molecule has 0 radical (unpaired) electrons. The van der Waals surface area contributed by atoms with Crippen molar-refractivity contribution >= 4 is 29.3 Å². The first-order chi connectivity index (χ1) is 11.1. The molecule has 7 heteroatoms. The molecule has 4 N–H and O–H groups in total. The lowest BCUT2D eigenvalue weighted by molar-refractivity contribution is 1.10. The lowest BCUT2D eigenvalue weighted by Crippen LogP contribution is -1.97. The molecule has 0 aliphatic carbocycles. The third-order valence-electron chi connectivity index (χ3n) is 3.53. The number of benzene rings is 1. The number of anilines is 3. The predicted molar refractivity (Wildman–Crippen MR) is 95.0 cm³/mol. The van der Waals surface area contributed by atoms with Crippen LogP contribution in [-0.4, -0.2) is 26.4 Å². The van der Waals surface area contributed by atoms with E-state index in [4.69, 9.17) is 5.73 Å². The third kappa shape index (κ3) is 3.29. The molecule has 3 rings (SSSR count). The van der Waals surface area contributed by atoms with Crippen molar-refractivity contribution in [2.45, 2.75) is 18.9 Å². The molecule has 0 aliphatic rings. The molecule has 23 heavy (non-hydrogen) atoms. The zero-order chi connectivity index (χ0) is 16.4. The molecule has 2 aromatic heterocycles. The summed E-state index contributed by atoms with van der Waals surface area (Å²) >= 11 is 1.64. The number of nitrogens with one attached hydrogen (secondary N) is 2. The zero-order valence-corrected chi connectivity index (χ0v) is 14.0. The normalized spacial score (nSPS) is 10.7. The molecule has 0 amide bonds. The lowest BCUT2D eigenvalue weighted by Gasteiger charge is -2.13. The summed E-state index contributed by atoms with van der Waals surface area (Å²) in [6, 6.07) is 8.29. The van der Waals surface area contributed by atoms with Crippen molar-refractivity contribution in [3.8, 4) is 11.1 Å². The van der Waals surface area contributed by atoms with Crippen molar-refractivity contribution in [1.29, 1.82) is 0 Å². The highest BCUT2D eigenvalue weighted by molar-refractivity contribution is 7.98. The van der Waals surface area contributed by atoms with Crippen molar-refractivity contribution in [2.75, 3.05) is 17.3 Å². The quantitative estimate of drug-likeness (QED) is 0.635. The van der Waals surface area contributed by atoms with Gasteiger partial charge >= 0.3 is 0 Å². The van der Waals surface area contributed by atoms with Crippen LogP contribution >= 0.6 is 11.8 Å². The van der Waals surface area contributed by atoms with Crippen molar-refractivity contribution in [1.82, 2.24) is 20.2 Å². The van der Waals surface area contributed by atoms with Crippen molar-refractivity contribution in [3.63, 3.8) is 0 Å². The fourth-order valence-corrected chi connectivity index (χ4v) is 2.96. The van der Waals surface area contributed by atoms with Crippen LogP contribution in [0.1, 0.15) is 11.1 Å². The molecule has 0 aliphatic heterocycles. The lowest BCUT2D eigenvalue weighted by atomic mass is 9.96. The second kappa shape index (κ2) is 6.29. The van der Waals surface area contributed by atoms with E-state index in [9.17, 15) is 0 Å². The van der Waals surface area contributed by atoms with Crippen LogP contribution in [0.4, 0.5) is 17.6 Å². The second-order valence-electron chi connectivity index (χ2n) is 5.24. The molecule has 1 aromatic carbocycles. The van der Waals surface area contributed by atoms with Crippen molar-refractivity contribution in [3.05, 3.63) is 41.6 Å². The highest BCUT2D eigenvalue weighted by Gasteiger charge is 2.10. The molecule has 6 nitrogen and oxygen atoms in total. The molecule has 0 saturated carbocycles. The number of aryl methyl sites for hydroxylation is 2. The molecule has 0 bridgehead atoms. The molecular weight excluding hydrogens is 308 g/mol. The number of nitrogens with two attached hydrogens (primary N) is 1. The topological polar surface area (TPSA) is 92.5 Å². The number of aromatic nitrogens is 4. The first-order valence-corrected chi connectivity index (χ1v) is 8.36. The van der Waals surface area contributed by atoms with E-state index in [1.165, 1.54) is 5.56 Å². The number of hydrogen-bond acceptors (Lipinski definition) is 6. The van der Waals surface area contributed by atoms with Crippen LogP contribution in [-0.2, 0) is 0 Å². The summed E-state index contributed by atoms with van der Waals surface area (Å²) in [6.45, 7) is 4.17. The maximum atomic E-state index is 5.54. The minimum Gasteiger partial charge on any atom is -0.368 e. The Labute approximate surface area is 138 Å². The van der Waals surface area contributed by atoms with E-state index < -0.39 is 0 Å². The maximum Gasteiger partial charge on any atom is 0.248 e. The minimum absolute atomic E-state index is 0.289. The first kappa shape index (κ1) is 15.4. The van der Waals surface area contributed by atoms with Gasteiger partial charge in [-0.25, -0.2) is 10.1 Å². The van der Waals surface area contributed by atoms with Gasteiger partial charge in [0.1, 0.15) is 0 Å². The average molecular weight is 326 g/mol. The number of nitrogens with zero attached hydrogens (tertiary/aromatic N) is 3. The number of hydrogen-bond donors (Lipinski definition) is 3. The Hall–Kier alpha value is -2.54. The van der Waals surface area contributed by atoms with Gasteiger partial charge in [0.05, 0.1) is 5.03 Å². The Balaban J connectivity index is 1.93. The molecule has 118 valence electrons. The molecule has 0 saturated heterocycles. The monoisotopic (exact) mass is 326 g/mol. The van der Waals surface area contributed by atoms with Crippen LogP contribution in [0.5, 0.6) is 0 Å². The zero-order valence-electron chi connectivity index (χ0n) is 13.2. The summed E-state index contributed by atoms with van der Waals surface area (Å²) in [5.41, 5.74) is 11.1. The third-order valence-corrected chi connectivity index (χ3v) is 4.19. The summed E-state index contributed by atoms with van der Waals surface area (Å²) in [5, 5.41) is 10.8. The van der Waals surface area contributed by atoms with Gasteiger partial charge in [-0.3, -0.25) is 0 Å². The van der Waals surface area contributed by atoms with Crippen molar-refractivity contribution in [2.24, 2.45) is 0 Å². The number of pyridine rings is 1. The van der Waals surface area contributed by atoms with Gasteiger partial charge in [0.15, 0.2) is 0 Å². The minimum atomic E-state index is 0.289. The van der Waals surface area contributed by atoms with Gasteiger partial charge in [-0.2, -0.15) is 4.98 Å². The van der Waals surface area contributed by atoms with Crippen LogP contribution in [0.3, 0.4) is 0 Å². The summed E-state index contributed by atoms with van der Waals surface area (Å²) in [4.78, 5) is 8.51. The fraction of sp³-hybridized carbons (Fsp3) is 0.188. The van der Waals surface area contributed by atoms with Gasteiger partial charge < -0.3 is 11.1 Å². The molecule has 2 heterocycles. The molecule has 3 aromatic rings. The first-order valence-electron chi connectivity index (χ1n) is 7.13. The van der Waals surface area contributed by atoms with Gasteiger partial charge in [-0.1, -0.05) is 6.07 Å². The maximum absolute atomic E-state index is 5.54. The van der Waals surface area contributed by atoms with Gasteiger partial charge in [0.2, 0.25) is 11.9 Å². The van der Waals surface area contributed by atoms with E-state index in [0.29, 0.717) is 5.95 Å². The Morgan fingerprint density at radius 3 is 2.43 bits per heavy atom. The van der Waals surface area contributed by atoms with Crippen LogP contribution in [0.15, 0.2) is 35.5 Å². The van der Waals surface area contributed by atoms with Gasteiger partial charge in [0, 0.05) is 17.4 Å². The Kier molecular flexibility index (Phi) is 4.20. The number of H-pyrrole nitrogens is 1. The Bertz CT molecular complexity index is 802. The molecule has 0 atom stereocenters. The molecule has 0 fully saturated rings. The molecular formula is C16H18N6S. The summed E-state index contributed by atoms with van der Waals surface area (Å²) in [6.07, 6.45) is 3.94. The fourth-order valence-electron chi connectivity index (χ4n) is 2.60. The van der Waals surface area contributed by atoms with E-state index in [1.807, 2.05) is 18.5 Å². The van der Waals surface area contributed by atoms with E-state index >= 15 is 0 Å². The number of thioether (sulfide) groups is 1. The van der Waals surface area contributed by atoms with Crippen LogP contribution in [0.25, 0.3) is 11.1 Å². The second-order valence-corrected chi connectivity index (χ2v) is 6.07. The van der Waals surface area contributed by atoms with Gasteiger partial charge in [-0.05, 0) is 55.0 Å². The summed E-state index contributed by atoms with van der Waals surface area (Å²) in [5.74, 6) is 0.748. The average Bonchev–Trinajstić information content (AvgIpc) is 2.92. The van der Waals surface area contributed by atoms with E-state index in [-0.39, 0.29) is 5.95 Å². The summed E-state index contributed by atoms with van der Waals surface area (Å²) in [7, 11) is 0. The largest absolute Gasteiger partial charge is 0.368 e. The number of aromatic amines is 1. The van der Waals surface area contributed by atoms with Crippen LogP contribution in [0.2, 0.25) is 0 Å². The molecule has 0 spiro atoms. The number of nitrogen functional groups attached to an aromatic ring is 1. The smallest absolute Gasteiger partial charge is 0.248 e. The van der Waals surface area contributed by atoms with Gasteiger partial charge in [-0.15, -0.1) is 16.9 Å². The standard InChI is InChI=1S/C16H18N6S/c1-9-6-12(19-16-20-15(17)21-22-16)7-10(2)14(9)11-4-5-13(23-3)18-8-11/h4-8H,1-3H3,(H4,17,19,20,21,22). The Morgan fingerprint density at radius 1 is 1.17 bits per heavy atom. The van der Waals surface area contributed by atoms with E-state index in [1.54, 1.807) is 11.8 Å². The van der Waals surface area contributed by atoms with Crippen LogP contribution in [0, 0.1) is 13.8 Å². The Morgan fingerprint density at radius 2 is 1.91 bits per heavy atom. The van der Waals surface area contributed by atoms with Crippen molar-refractivity contribution < 1.29 is 0 Å².